The van der Waals surface area contributed by atoms with Crippen molar-refractivity contribution < 1.29 is 4.79 Å². The van der Waals surface area contributed by atoms with Crippen molar-refractivity contribution >= 4 is 6.79 Å². The van der Waals surface area contributed by atoms with Crippen LogP contribution in [0.15, 0.2) is 0 Å². The average Bonchev–Trinajstić information content (AvgIpc) is 2.10. The number of rotatable bonds is 0. The van der Waals surface area contributed by atoms with Gasteiger partial charge in [-0.25, -0.2) is 0 Å². The van der Waals surface area contributed by atoms with E-state index in [2.05, 4.69) is 6.07 Å². The number of nitriles is 1. The summed E-state index contributed by atoms with van der Waals surface area (Å²) in [6.45, 7) is 2.00. The molecule has 0 aromatic carbocycles. The smallest absolute Gasteiger partial charge is 0.106 e. The van der Waals surface area contributed by atoms with Crippen LogP contribution in [-0.4, -0.2) is 6.79 Å². The third kappa shape index (κ3) is 3.24. The molecule has 0 radical (unpaired) electrons. The second-order valence-corrected chi connectivity index (χ2v) is 2.46. The van der Waals surface area contributed by atoms with Gasteiger partial charge in [0.25, 0.3) is 0 Å². The zero-order valence-electron chi connectivity index (χ0n) is 6.18. The van der Waals surface area contributed by atoms with Gasteiger partial charge >= 0.3 is 0 Å². The first kappa shape index (κ1) is 9.16. The molecule has 0 N–H and O–H groups in total. The fourth-order valence-electron chi connectivity index (χ4n) is 1.23. The molecule has 56 valence electrons. The average molecular weight is 139 g/mol. The summed E-state index contributed by atoms with van der Waals surface area (Å²) in [7, 11) is 0. The molecular formula is C8H13NO. The highest BCUT2D eigenvalue weighted by molar-refractivity contribution is 5.10. The molecule has 1 fully saturated rings. The van der Waals surface area contributed by atoms with Crippen LogP contribution in [0.2, 0.25) is 0 Å². The number of nitrogens with zero attached hydrogens (tertiary/aromatic N) is 1. The maximum Gasteiger partial charge on any atom is 0.106 e. The highest BCUT2D eigenvalue weighted by Gasteiger charge is 2.10. The second kappa shape index (κ2) is 6.28. The Morgan fingerprint density at radius 1 is 1.20 bits per heavy atom. The van der Waals surface area contributed by atoms with Crippen LogP contribution in [0.3, 0.4) is 0 Å². The largest absolute Gasteiger partial charge is 0.307 e. The lowest BCUT2D eigenvalue weighted by molar-refractivity contribution is -0.0979. The van der Waals surface area contributed by atoms with Gasteiger partial charge in [-0.1, -0.05) is 19.3 Å². The van der Waals surface area contributed by atoms with Crippen LogP contribution in [0.5, 0.6) is 0 Å². The minimum absolute atomic E-state index is 0.392. The predicted octanol–water partition coefficient (Wildman–Crippen LogP) is 1.91. The van der Waals surface area contributed by atoms with Crippen molar-refractivity contribution in [3.8, 4) is 6.07 Å². The molecule has 0 aliphatic heterocycles. The molecule has 1 saturated carbocycles. The molecule has 1 aliphatic carbocycles. The SMILES string of the molecule is C=O.N#CC1CCCCC1. The number of carbonyl (C=O) groups is 1. The summed E-state index contributed by atoms with van der Waals surface area (Å²) >= 11 is 0. The topological polar surface area (TPSA) is 40.9 Å². The van der Waals surface area contributed by atoms with E-state index in [1.807, 2.05) is 6.79 Å². The molecule has 0 saturated heterocycles. The highest BCUT2D eigenvalue weighted by Crippen LogP contribution is 2.22. The minimum atomic E-state index is 0.392. The van der Waals surface area contributed by atoms with Crippen LogP contribution in [0.25, 0.3) is 0 Å². The Balaban J connectivity index is 0.000000371. The van der Waals surface area contributed by atoms with E-state index in [4.69, 9.17) is 10.1 Å². The fourth-order valence-corrected chi connectivity index (χ4v) is 1.23. The highest BCUT2D eigenvalue weighted by atomic mass is 16.1. The van der Waals surface area contributed by atoms with E-state index in [0.717, 1.165) is 12.8 Å². The van der Waals surface area contributed by atoms with Crippen molar-refractivity contribution in [1.29, 1.82) is 5.26 Å². The van der Waals surface area contributed by atoms with E-state index in [-0.39, 0.29) is 0 Å². The summed E-state index contributed by atoms with van der Waals surface area (Å²) in [5.41, 5.74) is 0. The Labute approximate surface area is 61.8 Å². The van der Waals surface area contributed by atoms with Crippen molar-refractivity contribution in [1.82, 2.24) is 0 Å². The first-order chi connectivity index (χ1) is 4.93. The van der Waals surface area contributed by atoms with E-state index in [1.165, 1.54) is 19.3 Å². The molecule has 0 amide bonds. The van der Waals surface area contributed by atoms with E-state index in [9.17, 15) is 0 Å². The fraction of sp³-hybridized carbons (Fsp3) is 0.750. The molecule has 0 aromatic heterocycles. The predicted molar refractivity (Wildman–Crippen MR) is 39.3 cm³/mol. The monoisotopic (exact) mass is 139 g/mol. The Morgan fingerprint density at radius 3 is 2.00 bits per heavy atom. The molecule has 1 rings (SSSR count). The van der Waals surface area contributed by atoms with Crippen LogP contribution in [0, 0.1) is 17.2 Å². The van der Waals surface area contributed by atoms with Gasteiger partial charge in [0.1, 0.15) is 6.79 Å². The molecule has 0 atom stereocenters. The Kier molecular flexibility index (Phi) is 5.75. The van der Waals surface area contributed by atoms with Gasteiger partial charge in [-0.3, -0.25) is 0 Å². The van der Waals surface area contributed by atoms with Crippen LogP contribution in [-0.2, 0) is 4.79 Å². The second-order valence-electron chi connectivity index (χ2n) is 2.46. The molecule has 0 bridgehead atoms. The standard InChI is InChI=1S/C7H11N.CH2O/c8-6-7-4-2-1-3-5-7;1-2/h7H,1-5H2;1H2. The quantitative estimate of drug-likeness (QED) is 0.514. The van der Waals surface area contributed by atoms with Crippen molar-refractivity contribution in [2.75, 3.05) is 0 Å². The van der Waals surface area contributed by atoms with Crippen molar-refractivity contribution in [2.45, 2.75) is 32.1 Å². The van der Waals surface area contributed by atoms with Gasteiger partial charge in [0.15, 0.2) is 0 Å². The van der Waals surface area contributed by atoms with Gasteiger partial charge in [0.2, 0.25) is 0 Å². The zero-order valence-corrected chi connectivity index (χ0v) is 6.18. The molecule has 2 heteroatoms. The minimum Gasteiger partial charge on any atom is -0.307 e. The van der Waals surface area contributed by atoms with Crippen LogP contribution < -0.4 is 0 Å². The van der Waals surface area contributed by atoms with Gasteiger partial charge in [-0.05, 0) is 12.8 Å². The molecule has 0 unspecified atom stereocenters. The zero-order chi connectivity index (χ0) is 7.82. The van der Waals surface area contributed by atoms with Gasteiger partial charge in [0, 0.05) is 5.92 Å². The maximum atomic E-state index is 8.44. The van der Waals surface area contributed by atoms with Gasteiger partial charge < -0.3 is 4.79 Å². The molecule has 0 heterocycles. The molecule has 10 heavy (non-hydrogen) atoms. The molecule has 2 nitrogen and oxygen atoms in total. The summed E-state index contributed by atoms with van der Waals surface area (Å²) in [5, 5.41) is 8.44. The van der Waals surface area contributed by atoms with Crippen molar-refractivity contribution in [3.63, 3.8) is 0 Å². The van der Waals surface area contributed by atoms with E-state index >= 15 is 0 Å². The summed E-state index contributed by atoms with van der Waals surface area (Å²) in [6, 6.07) is 2.30. The lowest BCUT2D eigenvalue weighted by Gasteiger charge is -2.13. The van der Waals surface area contributed by atoms with E-state index < -0.39 is 0 Å². The van der Waals surface area contributed by atoms with Crippen LogP contribution in [0.1, 0.15) is 32.1 Å². The van der Waals surface area contributed by atoms with Crippen molar-refractivity contribution in [2.24, 2.45) is 5.92 Å². The summed E-state index contributed by atoms with van der Waals surface area (Å²) in [6.07, 6.45) is 6.20. The lowest BCUT2D eigenvalue weighted by atomic mass is 9.91. The summed E-state index contributed by atoms with van der Waals surface area (Å²) < 4.78 is 0. The van der Waals surface area contributed by atoms with Gasteiger partial charge in [-0.15, -0.1) is 0 Å². The third-order valence-corrected chi connectivity index (χ3v) is 1.79. The molecule has 0 aromatic rings. The Hall–Kier alpha value is -0.840. The lowest BCUT2D eigenvalue weighted by Crippen LogP contribution is -2.02. The van der Waals surface area contributed by atoms with Crippen molar-refractivity contribution in [3.05, 3.63) is 0 Å². The molecular weight excluding hydrogens is 126 g/mol. The summed E-state index contributed by atoms with van der Waals surface area (Å²) in [4.78, 5) is 8.00. The number of hydrogen-bond acceptors (Lipinski definition) is 2. The number of carbonyl (C=O) groups excluding carboxylic acids is 1. The van der Waals surface area contributed by atoms with Crippen LogP contribution >= 0.6 is 0 Å². The third-order valence-electron chi connectivity index (χ3n) is 1.79. The first-order valence-electron chi connectivity index (χ1n) is 3.62. The number of hydrogen-bond donors (Lipinski definition) is 0. The van der Waals surface area contributed by atoms with Crippen LogP contribution in [0.4, 0.5) is 0 Å². The first-order valence-corrected chi connectivity index (χ1v) is 3.62. The van der Waals surface area contributed by atoms with E-state index in [1.54, 1.807) is 0 Å². The summed E-state index contributed by atoms with van der Waals surface area (Å²) in [5.74, 6) is 0.392. The molecule has 1 aliphatic rings. The maximum absolute atomic E-state index is 8.44. The van der Waals surface area contributed by atoms with E-state index in [0.29, 0.717) is 5.92 Å². The van der Waals surface area contributed by atoms with Gasteiger partial charge in [0.05, 0.1) is 6.07 Å². The van der Waals surface area contributed by atoms with Gasteiger partial charge in [-0.2, -0.15) is 5.26 Å². The Bertz CT molecular complexity index is 111. The normalized spacial score (nSPS) is 18.3. The molecule has 0 spiro atoms. The Morgan fingerprint density at radius 2 is 1.70 bits per heavy atom.